The third kappa shape index (κ3) is 3.18. The van der Waals surface area contributed by atoms with Gasteiger partial charge in [0, 0.05) is 0 Å². The van der Waals surface area contributed by atoms with Gasteiger partial charge in [0.1, 0.15) is 11.4 Å². The van der Waals surface area contributed by atoms with Crippen molar-refractivity contribution in [1.29, 1.82) is 0 Å². The lowest BCUT2D eigenvalue weighted by molar-refractivity contribution is -0.146. The standard InChI is InChI=1S/C15H17ClFNO3/c1-9-4-3-7-15(8-9,14(20)21)18-13(19)10-5-2-6-11(17)12(10)16/h2,5-6,9H,3-4,7-8H2,1H3,(H,18,19)(H,20,21). The van der Waals surface area contributed by atoms with E-state index in [4.69, 9.17) is 11.6 Å². The van der Waals surface area contributed by atoms with Crippen LogP contribution in [0.5, 0.6) is 0 Å². The number of nitrogens with one attached hydrogen (secondary N) is 1. The van der Waals surface area contributed by atoms with Gasteiger partial charge in [0.15, 0.2) is 0 Å². The molecule has 1 aromatic carbocycles. The van der Waals surface area contributed by atoms with E-state index in [1.54, 1.807) is 0 Å². The van der Waals surface area contributed by atoms with E-state index >= 15 is 0 Å². The van der Waals surface area contributed by atoms with Crippen LogP contribution in [-0.2, 0) is 4.79 Å². The molecule has 0 spiro atoms. The maximum Gasteiger partial charge on any atom is 0.329 e. The first kappa shape index (κ1) is 15.8. The highest BCUT2D eigenvalue weighted by Gasteiger charge is 2.43. The predicted octanol–water partition coefficient (Wildman–Crippen LogP) is 3.24. The van der Waals surface area contributed by atoms with Crippen LogP contribution in [0.4, 0.5) is 4.39 Å². The van der Waals surface area contributed by atoms with E-state index in [9.17, 15) is 19.1 Å². The average Bonchev–Trinajstić information content (AvgIpc) is 2.41. The third-order valence-electron chi connectivity index (χ3n) is 3.96. The second-order valence-electron chi connectivity index (χ2n) is 5.64. The molecule has 114 valence electrons. The van der Waals surface area contributed by atoms with Crippen molar-refractivity contribution in [1.82, 2.24) is 5.32 Å². The van der Waals surface area contributed by atoms with E-state index in [2.05, 4.69) is 5.32 Å². The minimum absolute atomic E-state index is 0.0458. The molecule has 2 rings (SSSR count). The monoisotopic (exact) mass is 313 g/mol. The lowest BCUT2D eigenvalue weighted by atomic mass is 9.76. The van der Waals surface area contributed by atoms with E-state index in [1.165, 1.54) is 12.1 Å². The zero-order valence-electron chi connectivity index (χ0n) is 11.7. The topological polar surface area (TPSA) is 66.4 Å². The van der Waals surface area contributed by atoms with Crippen LogP contribution in [0.1, 0.15) is 43.0 Å². The Kier molecular flexibility index (Phi) is 4.52. The van der Waals surface area contributed by atoms with Crippen LogP contribution in [0.15, 0.2) is 18.2 Å². The Bertz CT molecular complexity index is 578. The van der Waals surface area contributed by atoms with Crippen molar-refractivity contribution in [2.24, 2.45) is 5.92 Å². The fourth-order valence-electron chi connectivity index (χ4n) is 2.88. The van der Waals surface area contributed by atoms with Crippen LogP contribution in [0, 0.1) is 11.7 Å². The number of aliphatic carboxylic acids is 1. The quantitative estimate of drug-likeness (QED) is 0.900. The molecular weight excluding hydrogens is 297 g/mol. The van der Waals surface area contributed by atoms with Gasteiger partial charge in [-0.3, -0.25) is 4.79 Å². The second kappa shape index (κ2) is 6.02. The van der Waals surface area contributed by atoms with Crippen molar-refractivity contribution >= 4 is 23.5 Å². The van der Waals surface area contributed by atoms with Crippen molar-refractivity contribution in [2.45, 2.75) is 38.1 Å². The van der Waals surface area contributed by atoms with Gasteiger partial charge < -0.3 is 10.4 Å². The number of benzene rings is 1. The number of carboxylic acid groups (broad SMARTS) is 1. The van der Waals surface area contributed by atoms with Crippen LogP contribution in [0.3, 0.4) is 0 Å². The summed E-state index contributed by atoms with van der Waals surface area (Å²) in [6, 6.07) is 3.89. The van der Waals surface area contributed by atoms with Gasteiger partial charge in [-0.15, -0.1) is 0 Å². The molecule has 4 nitrogen and oxygen atoms in total. The van der Waals surface area contributed by atoms with Gasteiger partial charge in [-0.2, -0.15) is 0 Å². The first-order chi connectivity index (χ1) is 9.85. The van der Waals surface area contributed by atoms with E-state index in [0.717, 1.165) is 18.9 Å². The highest BCUT2D eigenvalue weighted by molar-refractivity contribution is 6.34. The highest BCUT2D eigenvalue weighted by atomic mass is 35.5. The molecule has 0 heterocycles. The summed E-state index contributed by atoms with van der Waals surface area (Å²) in [6.45, 7) is 1.96. The van der Waals surface area contributed by atoms with Crippen LogP contribution >= 0.6 is 11.6 Å². The minimum atomic E-state index is -1.30. The molecule has 0 aromatic heterocycles. The number of hydrogen-bond acceptors (Lipinski definition) is 2. The number of carboxylic acids is 1. The van der Waals surface area contributed by atoms with E-state index in [0.29, 0.717) is 12.8 Å². The molecule has 1 aliphatic carbocycles. The molecule has 1 aliphatic rings. The first-order valence-corrected chi connectivity index (χ1v) is 7.23. The van der Waals surface area contributed by atoms with Crippen molar-refractivity contribution in [2.75, 3.05) is 0 Å². The fourth-order valence-corrected chi connectivity index (χ4v) is 3.09. The smallest absolute Gasteiger partial charge is 0.329 e. The molecule has 0 radical (unpaired) electrons. The van der Waals surface area contributed by atoms with Crippen LogP contribution < -0.4 is 5.32 Å². The summed E-state index contributed by atoms with van der Waals surface area (Å²) >= 11 is 5.78. The molecule has 6 heteroatoms. The Hall–Kier alpha value is -1.62. The van der Waals surface area contributed by atoms with Gasteiger partial charge in [0.05, 0.1) is 10.6 Å². The number of rotatable bonds is 3. The molecule has 0 aliphatic heterocycles. The summed E-state index contributed by atoms with van der Waals surface area (Å²) in [7, 11) is 0. The second-order valence-corrected chi connectivity index (χ2v) is 6.02. The summed E-state index contributed by atoms with van der Waals surface area (Å²) in [4.78, 5) is 23.9. The molecule has 21 heavy (non-hydrogen) atoms. The zero-order valence-corrected chi connectivity index (χ0v) is 12.4. The summed E-state index contributed by atoms with van der Waals surface area (Å²) in [6.07, 6.45) is 2.39. The molecular formula is C15H17ClFNO3. The van der Waals surface area contributed by atoms with Crippen molar-refractivity contribution < 1.29 is 19.1 Å². The van der Waals surface area contributed by atoms with Crippen molar-refractivity contribution in [3.63, 3.8) is 0 Å². The highest BCUT2D eigenvalue weighted by Crippen LogP contribution is 2.33. The van der Waals surface area contributed by atoms with Crippen LogP contribution in [0.2, 0.25) is 5.02 Å². The Morgan fingerprint density at radius 3 is 2.81 bits per heavy atom. The first-order valence-electron chi connectivity index (χ1n) is 6.85. The molecule has 0 saturated heterocycles. The summed E-state index contributed by atoms with van der Waals surface area (Å²) in [5.74, 6) is -2.21. The third-order valence-corrected chi connectivity index (χ3v) is 4.34. The number of carbonyl (C=O) groups is 2. The van der Waals surface area contributed by atoms with E-state index in [-0.39, 0.29) is 16.5 Å². The number of amides is 1. The number of halogens is 2. The molecule has 2 N–H and O–H groups in total. The average molecular weight is 314 g/mol. The Balaban J connectivity index is 2.27. The normalized spacial score (nSPS) is 25.4. The van der Waals surface area contributed by atoms with E-state index in [1.807, 2.05) is 6.92 Å². The number of carbonyl (C=O) groups excluding carboxylic acids is 1. The van der Waals surface area contributed by atoms with Crippen LogP contribution in [0.25, 0.3) is 0 Å². The van der Waals surface area contributed by atoms with E-state index < -0.39 is 23.2 Å². The summed E-state index contributed by atoms with van der Waals surface area (Å²) in [5, 5.41) is 11.8. The van der Waals surface area contributed by atoms with Gasteiger partial charge in [-0.05, 0) is 30.9 Å². The maximum absolute atomic E-state index is 13.4. The van der Waals surface area contributed by atoms with Gasteiger partial charge in [0.2, 0.25) is 0 Å². The predicted molar refractivity (Wildman–Crippen MR) is 76.9 cm³/mol. The van der Waals surface area contributed by atoms with Crippen molar-refractivity contribution in [3.8, 4) is 0 Å². The Labute approximate surface area is 127 Å². The molecule has 1 fully saturated rings. The number of hydrogen-bond donors (Lipinski definition) is 2. The summed E-state index contributed by atoms with van der Waals surface area (Å²) < 4.78 is 13.4. The van der Waals surface area contributed by atoms with Crippen molar-refractivity contribution in [3.05, 3.63) is 34.6 Å². The zero-order chi connectivity index (χ0) is 15.6. The SMILES string of the molecule is CC1CCCC(NC(=O)c2cccc(F)c2Cl)(C(=O)O)C1. The maximum atomic E-state index is 13.4. The molecule has 1 aromatic rings. The molecule has 2 atom stereocenters. The lowest BCUT2D eigenvalue weighted by Crippen LogP contribution is -2.56. The Morgan fingerprint density at radius 2 is 2.19 bits per heavy atom. The Morgan fingerprint density at radius 1 is 1.48 bits per heavy atom. The molecule has 1 amide bonds. The van der Waals surface area contributed by atoms with Gasteiger partial charge in [0.25, 0.3) is 5.91 Å². The van der Waals surface area contributed by atoms with Crippen LogP contribution in [-0.4, -0.2) is 22.5 Å². The largest absolute Gasteiger partial charge is 0.480 e. The molecule has 0 bridgehead atoms. The lowest BCUT2D eigenvalue weighted by Gasteiger charge is -2.37. The molecule has 2 unspecified atom stereocenters. The van der Waals surface area contributed by atoms with Gasteiger partial charge >= 0.3 is 5.97 Å². The van der Waals surface area contributed by atoms with Gasteiger partial charge in [-0.25, -0.2) is 9.18 Å². The summed E-state index contributed by atoms with van der Waals surface area (Å²) in [5.41, 5.74) is -1.35. The molecule has 1 saturated carbocycles. The fraction of sp³-hybridized carbons (Fsp3) is 0.467. The van der Waals surface area contributed by atoms with Gasteiger partial charge in [-0.1, -0.05) is 37.4 Å². The minimum Gasteiger partial charge on any atom is -0.480 e.